The number of fused-ring (bicyclic) bond motifs is 1. The topological polar surface area (TPSA) is 110 Å². The number of rotatable bonds is 1. The molecule has 2 heterocycles. The summed E-state index contributed by atoms with van der Waals surface area (Å²) in [6.07, 6.45) is 1.82. The fourth-order valence-electron chi connectivity index (χ4n) is 2.12. The predicted molar refractivity (Wildman–Crippen MR) is 78.4 cm³/mol. The van der Waals surface area contributed by atoms with Crippen LogP contribution in [0.15, 0.2) is 30.5 Å². The number of carbonyl (C=O) groups is 1. The Hall–Kier alpha value is -2.41. The zero-order valence-electron chi connectivity index (χ0n) is 11.1. The van der Waals surface area contributed by atoms with Gasteiger partial charge in [-0.05, 0) is 0 Å². The third-order valence-electron chi connectivity index (χ3n) is 2.97. The zero-order valence-corrected chi connectivity index (χ0v) is 11.1. The first-order valence-electron chi connectivity index (χ1n) is 6.39. The molecule has 0 radical (unpaired) electrons. The molecule has 0 spiro atoms. The minimum Gasteiger partial charge on any atom is -0.352 e. The van der Waals surface area contributed by atoms with Gasteiger partial charge in [0.1, 0.15) is 0 Å². The van der Waals surface area contributed by atoms with Crippen molar-refractivity contribution in [2.24, 2.45) is 11.5 Å². The summed E-state index contributed by atoms with van der Waals surface area (Å²) in [5.74, 6) is 1.01. The molecule has 0 bridgehead atoms. The summed E-state index contributed by atoms with van der Waals surface area (Å²) in [7, 11) is 0. The Morgan fingerprint density at radius 3 is 2.55 bits per heavy atom. The molecule has 1 aliphatic rings. The first kappa shape index (κ1) is 14.0. The van der Waals surface area contributed by atoms with Crippen LogP contribution in [-0.4, -0.2) is 42.4 Å². The molecule has 1 aliphatic heterocycles. The molecule has 2 aromatic rings. The van der Waals surface area contributed by atoms with Crippen molar-refractivity contribution in [2.45, 2.75) is 0 Å². The fourth-order valence-corrected chi connectivity index (χ4v) is 2.12. The van der Waals surface area contributed by atoms with E-state index < -0.39 is 6.03 Å². The maximum Gasteiger partial charge on any atom is 0.309 e. The highest BCUT2D eigenvalue weighted by molar-refractivity contribution is 5.91. The van der Waals surface area contributed by atoms with E-state index in [-0.39, 0.29) is 0 Å². The largest absolute Gasteiger partial charge is 0.352 e. The number of benzene rings is 1. The van der Waals surface area contributed by atoms with Crippen LogP contribution < -0.4 is 21.7 Å². The fraction of sp³-hybridized carbons (Fsp3) is 0.308. The Morgan fingerprint density at radius 1 is 1.20 bits per heavy atom. The van der Waals surface area contributed by atoms with E-state index in [1.807, 2.05) is 12.3 Å². The number of nitrogens with two attached hydrogens (primary N) is 2. The maximum absolute atomic E-state index is 9.00. The summed E-state index contributed by atoms with van der Waals surface area (Å²) < 4.78 is 0. The second kappa shape index (κ2) is 6.67. The molecule has 1 fully saturated rings. The van der Waals surface area contributed by atoms with Gasteiger partial charge in [-0.25, -0.2) is 4.79 Å². The molecule has 106 valence electrons. The van der Waals surface area contributed by atoms with Gasteiger partial charge in [0.2, 0.25) is 0 Å². The monoisotopic (exact) mass is 274 g/mol. The highest BCUT2D eigenvalue weighted by Gasteiger charge is 2.14. The number of carbonyl (C=O) groups excluding carboxylic acids is 1. The molecule has 0 atom stereocenters. The van der Waals surface area contributed by atoms with Gasteiger partial charge >= 0.3 is 6.03 Å². The summed E-state index contributed by atoms with van der Waals surface area (Å²) in [5.41, 5.74) is 8.50. The van der Waals surface area contributed by atoms with Crippen molar-refractivity contribution in [2.75, 3.05) is 31.1 Å². The molecule has 20 heavy (non-hydrogen) atoms. The maximum atomic E-state index is 9.00. The van der Waals surface area contributed by atoms with E-state index in [0.29, 0.717) is 0 Å². The number of nitrogens with zero attached hydrogens (tertiary/aromatic N) is 3. The first-order chi connectivity index (χ1) is 9.68. The molecule has 0 aliphatic carbocycles. The zero-order chi connectivity index (χ0) is 14.4. The summed E-state index contributed by atoms with van der Waals surface area (Å²) >= 11 is 0. The second-order valence-corrected chi connectivity index (χ2v) is 4.39. The lowest BCUT2D eigenvalue weighted by Gasteiger charge is -2.28. The van der Waals surface area contributed by atoms with Crippen LogP contribution in [0.1, 0.15) is 0 Å². The summed E-state index contributed by atoms with van der Waals surface area (Å²) in [4.78, 5) is 11.3. The van der Waals surface area contributed by atoms with Gasteiger partial charge in [-0.1, -0.05) is 24.3 Å². The van der Waals surface area contributed by atoms with Crippen LogP contribution >= 0.6 is 0 Å². The van der Waals surface area contributed by atoms with E-state index in [4.69, 9.17) is 4.79 Å². The van der Waals surface area contributed by atoms with Crippen LogP contribution in [0.3, 0.4) is 0 Å². The molecular formula is C13H18N6O. The number of primary amides is 2. The van der Waals surface area contributed by atoms with E-state index in [1.54, 1.807) is 0 Å². The Labute approximate surface area is 116 Å². The number of anilines is 1. The average Bonchev–Trinajstić information content (AvgIpc) is 2.47. The Bertz CT molecular complexity index is 573. The second-order valence-electron chi connectivity index (χ2n) is 4.39. The molecule has 0 saturated carbocycles. The van der Waals surface area contributed by atoms with Gasteiger partial charge in [0.05, 0.1) is 6.20 Å². The van der Waals surface area contributed by atoms with E-state index in [9.17, 15) is 0 Å². The standard InChI is InChI=1S/C12H14N4.CH4N2O/c1-2-4-11-10(3-1)9-14-15-12(11)16-7-5-13-6-8-16;2-1(3)4/h1-4,9,13H,5-8H2;(H4,2,3,4). The van der Waals surface area contributed by atoms with Gasteiger partial charge in [0, 0.05) is 37.0 Å². The molecular weight excluding hydrogens is 256 g/mol. The lowest BCUT2D eigenvalue weighted by atomic mass is 10.2. The SMILES string of the molecule is NC(N)=O.c1ccc2c(N3CCNCC3)nncc2c1. The number of urea groups is 1. The molecule has 2 amide bonds. The highest BCUT2D eigenvalue weighted by Crippen LogP contribution is 2.22. The van der Waals surface area contributed by atoms with E-state index in [2.05, 4.69) is 50.1 Å². The van der Waals surface area contributed by atoms with Crippen molar-refractivity contribution in [1.29, 1.82) is 0 Å². The number of hydrogen-bond acceptors (Lipinski definition) is 5. The molecule has 7 nitrogen and oxygen atoms in total. The molecule has 0 unspecified atom stereocenters. The molecule has 1 aromatic carbocycles. The van der Waals surface area contributed by atoms with Crippen LogP contribution in [0.5, 0.6) is 0 Å². The smallest absolute Gasteiger partial charge is 0.309 e. The van der Waals surface area contributed by atoms with E-state index in [0.717, 1.165) is 37.4 Å². The summed E-state index contributed by atoms with van der Waals surface area (Å²) in [6.45, 7) is 4.04. The van der Waals surface area contributed by atoms with Crippen LogP contribution in [0.25, 0.3) is 10.8 Å². The van der Waals surface area contributed by atoms with Gasteiger partial charge in [-0.3, -0.25) is 0 Å². The third-order valence-corrected chi connectivity index (χ3v) is 2.97. The molecule has 1 aromatic heterocycles. The normalized spacial score (nSPS) is 14.5. The van der Waals surface area contributed by atoms with Crippen molar-refractivity contribution in [1.82, 2.24) is 15.5 Å². The number of aromatic nitrogens is 2. The lowest BCUT2D eigenvalue weighted by Crippen LogP contribution is -2.44. The van der Waals surface area contributed by atoms with Crippen LogP contribution in [0.4, 0.5) is 10.6 Å². The molecule has 5 N–H and O–H groups in total. The van der Waals surface area contributed by atoms with Crippen molar-refractivity contribution in [3.63, 3.8) is 0 Å². The Morgan fingerprint density at radius 2 is 1.85 bits per heavy atom. The van der Waals surface area contributed by atoms with Crippen LogP contribution in [-0.2, 0) is 0 Å². The number of hydrogen-bond donors (Lipinski definition) is 3. The van der Waals surface area contributed by atoms with Crippen molar-refractivity contribution in [3.05, 3.63) is 30.5 Å². The van der Waals surface area contributed by atoms with Crippen LogP contribution in [0, 0.1) is 0 Å². The molecule has 7 heteroatoms. The number of amides is 2. The van der Waals surface area contributed by atoms with E-state index >= 15 is 0 Å². The van der Waals surface area contributed by atoms with Gasteiger partial charge in [0.25, 0.3) is 0 Å². The summed E-state index contributed by atoms with van der Waals surface area (Å²) in [6, 6.07) is 7.44. The Kier molecular flexibility index (Phi) is 4.67. The van der Waals surface area contributed by atoms with Gasteiger partial charge in [-0.15, -0.1) is 5.10 Å². The van der Waals surface area contributed by atoms with Crippen molar-refractivity contribution >= 4 is 22.6 Å². The highest BCUT2D eigenvalue weighted by atomic mass is 16.2. The number of piperazine rings is 1. The quantitative estimate of drug-likeness (QED) is 0.681. The lowest BCUT2D eigenvalue weighted by molar-refractivity contribution is 0.256. The molecule has 3 rings (SSSR count). The predicted octanol–water partition coefficient (Wildman–Crippen LogP) is 0.0632. The van der Waals surface area contributed by atoms with Gasteiger partial charge in [0.15, 0.2) is 5.82 Å². The van der Waals surface area contributed by atoms with Crippen molar-refractivity contribution in [3.8, 4) is 0 Å². The third kappa shape index (κ3) is 3.55. The summed E-state index contributed by atoms with van der Waals surface area (Å²) in [5, 5.41) is 14.0. The van der Waals surface area contributed by atoms with Crippen LogP contribution in [0.2, 0.25) is 0 Å². The van der Waals surface area contributed by atoms with Gasteiger partial charge in [-0.2, -0.15) is 5.10 Å². The van der Waals surface area contributed by atoms with Crippen molar-refractivity contribution < 1.29 is 4.79 Å². The minimum absolute atomic E-state index is 0.833. The Balaban J connectivity index is 0.000000328. The minimum atomic E-state index is -0.833. The number of nitrogens with one attached hydrogen (secondary N) is 1. The van der Waals surface area contributed by atoms with E-state index in [1.165, 1.54) is 5.39 Å². The average molecular weight is 274 g/mol. The first-order valence-corrected chi connectivity index (χ1v) is 6.39. The molecule has 1 saturated heterocycles. The van der Waals surface area contributed by atoms with Gasteiger partial charge < -0.3 is 21.7 Å².